The molecule has 0 N–H and O–H groups in total. The molecule has 0 radical (unpaired) electrons. The summed E-state index contributed by atoms with van der Waals surface area (Å²) in [5.74, 6) is 0. The van der Waals surface area contributed by atoms with Crippen LogP contribution in [0.4, 0.5) is 0 Å². The average Bonchev–Trinajstić information content (AvgIpc) is 2.54. The highest BCUT2D eigenvalue weighted by molar-refractivity contribution is 5.21. The van der Waals surface area contributed by atoms with Crippen molar-refractivity contribution in [3.8, 4) is 0 Å². The Kier molecular flexibility index (Phi) is 8.57. The Labute approximate surface area is 148 Å². The molecule has 0 aliphatic heterocycles. The molecule has 0 aliphatic rings. The van der Waals surface area contributed by atoms with Gasteiger partial charge in [0.2, 0.25) is 0 Å². The highest BCUT2D eigenvalue weighted by atomic mass is 13.9. The minimum atomic E-state index is 1.33. The second kappa shape index (κ2) is 10.4. The van der Waals surface area contributed by atoms with E-state index in [4.69, 9.17) is 0 Å². The summed E-state index contributed by atoms with van der Waals surface area (Å²) in [4.78, 5) is 0. The van der Waals surface area contributed by atoms with E-state index in [-0.39, 0.29) is 0 Å². The first-order valence-corrected chi connectivity index (χ1v) is 8.46. The van der Waals surface area contributed by atoms with E-state index in [1.807, 2.05) is 0 Å². The Morgan fingerprint density at radius 1 is 0.333 bits per heavy atom. The van der Waals surface area contributed by atoms with E-state index in [0.717, 1.165) is 0 Å². The van der Waals surface area contributed by atoms with Crippen LogP contribution in [0.25, 0.3) is 0 Å². The summed E-state index contributed by atoms with van der Waals surface area (Å²) in [6, 6.07) is 25.4. The first kappa shape index (κ1) is 19.7. The lowest BCUT2D eigenvalue weighted by molar-refractivity contribution is 1.39. The number of hydrogen-bond acceptors (Lipinski definition) is 0. The summed E-state index contributed by atoms with van der Waals surface area (Å²) in [7, 11) is 0. The van der Waals surface area contributed by atoms with Gasteiger partial charge in [0.25, 0.3) is 0 Å². The average molecular weight is 319 g/mol. The second-order valence-corrected chi connectivity index (χ2v) is 6.47. The van der Waals surface area contributed by atoms with Gasteiger partial charge in [-0.1, -0.05) is 106 Å². The van der Waals surface area contributed by atoms with E-state index < -0.39 is 0 Å². The highest BCUT2D eigenvalue weighted by Crippen LogP contribution is 2.01. The van der Waals surface area contributed by atoms with Crippen molar-refractivity contribution in [1.29, 1.82) is 0 Å². The Balaban J connectivity index is 0.000000180. The molecule has 3 aromatic rings. The van der Waals surface area contributed by atoms with Crippen LogP contribution >= 0.6 is 0 Å². The SMILES string of the molecule is Cc1ccc(C)cc1.Cc1ccc(C)cc1.Cc1cccc(C)c1. The van der Waals surface area contributed by atoms with Gasteiger partial charge in [0.15, 0.2) is 0 Å². The van der Waals surface area contributed by atoms with Crippen LogP contribution in [0.1, 0.15) is 33.4 Å². The molecule has 0 aliphatic carbocycles. The molecule has 0 aromatic heterocycles. The molecular weight excluding hydrogens is 288 g/mol. The van der Waals surface area contributed by atoms with Crippen molar-refractivity contribution in [1.82, 2.24) is 0 Å². The zero-order valence-corrected chi connectivity index (χ0v) is 15.9. The molecule has 0 unspecified atom stereocenters. The van der Waals surface area contributed by atoms with Crippen LogP contribution in [0.2, 0.25) is 0 Å². The summed E-state index contributed by atoms with van der Waals surface area (Å²) in [5.41, 5.74) is 7.99. The Hall–Kier alpha value is -2.34. The van der Waals surface area contributed by atoms with Crippen molar-refractivity contribution in [2.75, 3.05) is 0 Å². The van der Waals surface area contributed by atoms with Gasteiger partial charge in [0.1, 0.15) is 0 Å². The van der Waals surface area contributed by atoms with Crippen molar-refractivity contribution >= 4 is 0 Å². The molecule has 0 bridgehead atoms. The molecule has 3 aromatic carbocycles. The molecule has 3 rings (SSSR count). The van der Waals surface area contributed by atoms with E-state index in [0.29, 0.717) is 0 Å². The Morgan fingerprint density at radius 3 is 0.750 bits per heavy atom. The first-order valence-electron chi connectivity index (χ1n) is 8.46. The molecular formula is C24H30. The van der Waals surface area contributed by atoms with E-state index in [9.17, 15) is 0 Å². The van der Waals surface area contributed by atoms with E-state index in [1.165, 1.54) is 33.4 Å². The number of aryl methyl sites for hydroxylation is 6. The van der Waals surface area contributed by atoms with E-state index in [1.54, 1.807) is 0 Å². The van der Waals surface area contributed by atoms with Gasteiger partial charge < -0.3 is 0 Å². The smallest absolute Gasteiger partial charge is 0.0398 e. The van der Waals surface area contributed by atoms with E-state index >= 15 is 0 Å². The lowest BCUT2D eigenvalue weighted by atomic mass is 10.2. The maximum atomic E-state index is 2.17. The summed E-state index contributed by atoms with van der Waals surface area (Å²) in [5, 5.41) is 0. The maximum absolute atomic E-state index is 2.17. The Morgan fingerprint density at radius 2 is 0.583 bits per heavy atom. The van der Waals surface area contributed by atoms with Crippen molar-refractivity contribution in [3.05, 3.63) is 106 Å². The molecule has 0 saturated heterocycles. The van der Waals surface area contributed by atoms with Crippen molar-refractivity contribution in [2.24, 2.45) is 0 Å². The second-order valence-electron chi connectivity index (χ2n) is 6.47. The molecule has 126 valence electrons. The van der Waals surface area contributed by atoms with Gasteiger partial charge in [-0.15, -0.1) is 0 Å². The standard InChI is InChI=1S/3C8H10/c2*1-7-3-5-8(2)6-4-7;1-7-4-3-5-8(2)6-7/h3*3-6H,1-2H3. The van der Waals surface area contributed by atoms with Crippen LogP contribution in [0.3, 0.4) is 0 Å². The predicted octanol–water partition coefficient (Wildman–Crippen LogP) is 6.91. The first-order chi connectivity index (χ1) is 11.4. The monoisotopic (exact) mass is 318 g/mol. The quantitative estimate of drug-likeness (QED) is 0.422. The number of rotatable bonds is 0. The molecule has 0 saturated carbocycles. The molecule has 0 nitrogen and oxygen atoms in total. The van der Waals surface area contributed by atoms with Gasteiger partial charge in [0.05, 0.1) is 0 Å². The summed E-state index contributed by atoms with van der Waals surface area (Å²) in [6.07, 6.45) is 0. The molecule has 0 spiro atoms. The molecule has 0 amide bonds. The fraction of sp³-hybridized carbons (Fsp3) is 0.250. The highest BCUT2D eigenvalue weighted by Gasteiger charge is 1.81. The van der Waals surface area contributed by atoms with Gasteiger partial charge in [-0.25, -0.2) is 0 Å². The normalized spacial score (nSPS) is 9.25. The van der Waals surface area contributed by atoms with Gasteiger partial charge >= 0.3 is 0 Å². The molecule has 0 heteroatoms. The summed E-state index contributed by atoms with van der Waals surface area (Å²) < 4.78 is 0. The van der Waals surface area contributed by atoms with Crippen LogP contribution in [0, 0.1) is 41.5 Å². The van der Waals surface area contributed by atoms with E-state index in [2.05, 4.69) is 114 Å². The van der Waals surface area contributed by atoms with Crippen LogP contribution in [-0.2, 0) is 0 Å². The van der Waals surface area contributed by atoms with Gasteiger partial charge in [0, 0.05) is 0 Å². The van der Waals surface area contributed by atoms with Crippen LogP contribution < -0.4 is 0 Å². The largest absolute Gasteiger partial charge is 0.0617 e. The summed E-state index contributed by atoms with van der Waals surface area (Å²) in [6.45, 7) is 12.6. The van der Waals surface area contributed by atoms with Crippen LogP contribution in [0.15, 0.2) is 72.8 Å². The molecule has 24 heavy (non-hydrogen) atoms. The van der Waals surface area contributed by atoms with Crippen molar-refractivity contribution < 1.29 is 0 Å². The third kappa shape index (κ3) is 8.95. The molecule has 0 heterocycles. The minimum Gasteiger partial charge on any atom is -0.0617 e. The van der Waals surface area contributed by atoms with Crippen molar-refractivity contribution in [3.63, 3.8) is 0 Å². The topological polar surface area (TPSA) is 0 Å². The minimum absolute atomic E-state index is 1.33. The third-order valence-corrected chi connectivity index (χ3v) is 3.61. The fourth-order valence-corrected chi connectivity index (χ4v) is 2.08. The molecule has 0 fully saturated rings. The van der Waals surface area contributed by atoms with Crippen LogP contribution in [-0.4, -0.2) is 0 Å². The lowest BCUT2D eigenvalue weighted by Crippen LogP contribution is -1.71. The zero-order chi connectivity index (χ0) is 17.9. The van der Waals surface area contributed by atoms with Gasteiger partial charge in [-0.05, 0) is 41.5 Å². The zero-order valence-electron chi connectivity index (χ0n) is 15.9. The maximum Gasteiger partial charge on any atom is -0.0398 e. The fourth-order valence-electron chi connectivity index (χ4n) is 2.08. The Bertz CT molecular complexity index is 601. The molecule has 0 atom stereocenters. The van der Waals surface area contributed by atoms with Gasteiger partial charge in [-0.3, -0.25) is 0 Å². The van der Waals surface area contributed by atoms with Gasteiger partial charge in [-0.2, -0.15) is 0 Å². The lowest BCUT2D eigenvalue weighted by Gasteiger charge is -1.90. The number of hydrogen-bond donors (Lipinski definition) is 0. The van der Waals surface area contributed by atoms with Crippen molar-refractivity contribution in [2.45, 2.75) is 41.5 Å². The summed E-state index contributed by atoms with van der Waals surface area (Å²) >= 11 is 0. The predicted molar refractivity (Wildman–Crippen MR) is 108 cm³/mol. The number of benzene rings is 3. The van der Waals surface area contributed by atoms with Crippen LogP contribution in [0.5, 0.6) is 0 Å². The third-order valence-electron chi connectivity index (χ3n) is 3.61.